The number of carbonyl (C=O) groups is 1. The highest BCUT2D eigenvalue weighted by Crippen LogP contribution is 2.40. The zero-order valence-electron chi connectivity index (χ0n) is 18.6. The van der Waals surface area contributed by atoms with Gasteiger partial charge in [0, 0.05) is 0 Å². The highest BCUT2D eigenvalue weighted by molar-refractivity contribution is 6.07. The summed E-state index contributed by atoms with van der Waals surface area (Å²) in [5.74, 6) is 1.60. The first-order valence-electron chi connectivity index (χ1n) is 9.70. The van der Waals surface area contributed by atoms with Gasteiger partial charge in [0.25, 0.3) is 5.91 Å². The topological polar surface area (TPSA) is 83.8 Å². The van der Waals surface area contributed by atoms with Crippen molar-refractivity contribution >= 4 is 11.6 Å². The smallest absolute Gasteiger partial charge is 0.259 e. The van der Waals surface area contributed by atoms with Crippen molar-refractivity contribution in [3.63, 3.8) is 0 Å². The molecular weight excluding hydrogens is 398 g/mol. The minimum absolute atomic E-state index is 0.304. The molecule has 164 valence electrons. The summed E-state index contributed by atoms with van der Waals surface area (Å²) in [5, 5.41) is 7.56. The summed E-state index contributed by atoms with van der Waals surface area (Å²) in [5.41, 5.74) is 3.59. The van der Waals surface area contributed by atoms with Crippen LogP contribution in [0.2, 0.25) is 0 Å². The van der Waals surface area contributed by atoms with Crippen LogP contribution in [-0.2, 0) is 6.54 Å². The lowest BCUT2D eigenvalue weighted by molar-refractivity contribution is 0.102. The van der Waals surface area contributed by atoms with E-state index in [9.17, 15) is 4.79 Å². The fourth-order valence-electron chi connectivity index (χ4n) is 3.44. The molecule has 0 unspecified atom stereocenters. The van der Waals surface area contributed by atoms with Gasteiger partial charge in [-0.2, -0.15) is 5.10 Å². The van der Waals surface area contributed by atoms with E-state index < -0.39 is 0 Å². The van der Waals surface area contributed by atoms with Gasteiger partial charge in [0.05, 0.1) is 57.6 Å². The molecule has 1 N–H and O–H groups in total. The fraction of sp³-hybridized carbons (Fsp3) is 0.304. The van der Waals surface area contributed by atoms with Gasteiger partial charge in [0.2, 0.25) is 5.75 Å². The maximum atomic E-state index is 13.1. The van der Waals surface area contributed by atoms with Crippen molar-refractivity contribution in [3.8, 4) is 23.0 Å². The van der Waals surface area contributed by atoms with Crippen molar-refractivity contribution < 1.29 is 23.7 Å². The lowest BCUT2D eigenvalue weighted by Crippen LogP contribution is -2.15. The SMILES string of the molecule is COc1cccc(Cn2nc(C)c(NC(=O)c3ccc(OC)c(OC)c3OC)c2C)c1. The number of methoxy groups -OCH3 is 4. The molecule has 0 spiro atoms. The van der Waals surface area contributed by atoms with Crippen molar-refractivity contribution in [2.24, 2.45) is 0 Å². The predicted molar refractivity (Wildman–Crippen MR) is 118 cm³/mol. The number of rotatable bonds is 8. The number of anilines is 1. The first-order valence-corrected chi connectivity index (χ1v) is 9.70. The van der Waals surface area contributed by atoms with E-state index in [1.807, 2.05) is 42.8 Å². The van der Waals surface area contributed by atoms with Crippen LogP contribution in [-0.4, -0.2) is 44.1 Å². The molecule has 8 nitrogen and oxygen atoms in total. The average molecular weight is 425 g/mol. The standard InChI is InChI=1S/C23H27N3O5/c1-14-20(15(2)26(25-14)13-16-8-7-9-17(12-16)28-3)24-23(27)18-10-11-19(29-4)22(31-6)21(18)30-5/h7-12H,13H2,1-6H3,(H,24,27). The second-order valence-corrected chi connectivity index (χ2v) is 6.89. The van der Waals surface area contributed by atoms with Crippen LogP contribution in [0.15, 0.2) is 36.4 Å². The van der Waals surface area contributed by atoms with E-state index >= 15 is 0 Å². The van der Waals surface area contributed by atoms with E-state index in [1.54, 1.807) is 19.2 Å². The number of amides is 1. The van der Waals surface area contributed by atoms with Crippen LogP contribution < -0.4 is 24.3 Å². The average Bonchev–Trinajstić information content (AvgIpc) is 3.04. The van der Waals surface area contributed by atoms with Crippen molar-refractivity contribution in [2.45, 2.75) is 20.4 Å². The summed E-state index contributed by atoms with van der Waals surface area (Å²) in [6.07, 6.45) is 0. The highest BCUT2D eigenvalue weighted by atomic mass is 16.5. The number of aromatic nitrogens is 2. The number of nitrogens with one attached hydrogen (secondary N) is 1. The molecule has 3 aromatic rings. The van der Waals surface area contributed by atoms with Gasteiger partial charge in [-0.1, -0.05) is 12.1 Å². The summed E-state index contributed by atoms with van der Waals surface area (Å²) in [7, 11) is 6.15. The molecule has 2 aromatic carbocycles. The Morgan fingerprint density at radius 3 is 2.35 bits per heavy atom. The third kappa shape index (κ3) is 4.42. The quantitative estimate of drug-likeness (QED) is 0.590. The third-order valence-corrected chi connectivity index (χ3v) is 5.04. The molecule has 0 saturated carbocycles. The van der Waals surface area contributed by atoms with E-state index in [-0.39, 0.29) is 5.91 Å². The molecule has 0 saturated heterocycles. The Balaban J connectivity index is 1.89. The highest BCUT2D eigenvalue weighted by Gasteiger charge is 2.23. The van der Waals surface area contributed by atoms with E-state index in [0.717, 1.165) is 17.0 Å². The van der Waals surface area contributed by atoms with E-state index in [1.165, 1.54) is 21.3 Å². The Hall–Kier alpha value is -3.68. The van der Waals surface area contributed by atoms with Crippen molar-refractivity contribution in [2.75, 3.05) is 33.8 Å². The van der Waals surface area contributed by atoms with Crippen LogP contribution in [0, 0.1) is 13.8 Å². The first kappa shape index (κ1) is 22.0. The summed E-state index contributed by atoms with van der Waals surface area (Å²) in [6.45, 7) is 4.33. The van der Waals surface area contributed by atoms with Crippen molar-refractivity contribution in [3.05, 3.63) is 58.9 Å². The van der Waals surface area contributed by atoms with Crippen LogP contribution in [0.25, 0.3) is 0 Å². The van der Waals surface area contributed by atoms with E-state index in [0.29, 0.717) is 40.7 Å². The monoisotopic (exact) mass is 425 g/mol. The molecule has 0 aliphatic rings. The lowest BCUT2D eigenvalue weighted by Gasteiger charge is -2.15. The van der Waals surface area contributed by atoms with Gasteiger partial charge in [0.1, 0.15) is 5.75 Å². The largest absolute Gasteiger partial charge is 0.497 e. The zero-order chi connectivity index (χ0) is 22.5. The van der Waals surface area contributed by atoms with E-state index in [4.69, 9.17) is 18.9 Å². The van der Waals surface area contributed by atoms with Crippen molar-refractivity contribution in [1.82, 2.24) is 9.78 Å². The molecule has 1 amide bonds. The molecule has 1 heterocycles. The zero-order valence-corrected chi connectivity index (χ0v) is 18.6. The minimum atomic E-state index is -0.329. The Kier molecular flexibility index (Phi) is 6.69. The number of ether oxygens (including phenoxy) is 4. The Morgan fingerprint density at radius 2 is 1.71 bits per heavy atom. The van der Waals surface area contributed by atoms with Crippen LogP contribution in [0.1, 0.15) is 27.3 Å². The lowest BCUT2D eigenvalue weighted by atomic mass is 10.1. The second kappa shape index (κ2) is 9.42. The summed E-state index contributed by atoms with van der Waals surface area (Å²) in [6, 6.07) is 11.1. The van der Waals surface area contributed by atoms with Crippen LogP contribution >= 0.6 is 0 Å². The molecule has 1 aromatic heterocycles. The Bertz CT molecular complexity index is 1090. The molecule has 3 rings (SSSR count). The normalized spacial score (nSPS) is 10.5. The van der Waals surface area contributed by atoms with E-state index in [2.05, 4.69) is 10.4 Å². The number of nitrogens with zero attached hydrogens (tertiary/aromatic N) is 2. The number of benzene rings is 2. The minimum Gasteiger partial charge on any atom is -0.497 e. The Morgan fingerprint density at radius 1 is 0.968 bits per heavy atom. The van der Waals surface area contributed by atoms with Gasteiger partial charge in [-0.25, -0.2) is 0 Å². The van der Waals surface area contributed by atoms with Gasteiger partial charge in [-0.3, -0.25) is 9.48 Å². The van der Waals surface area contributed by atoms with Gasteiger partial charge in [-0.15, -0.1) is 0 Å². The number of hydrogen-bond donors (Lipinski definition) is 1. The molecule has 0 radical (unpaired) electrons. The maximum absolute atomic E-state index is 13.1. The Labute approximate surface area is 181 Å². The number of aryl methyl sites for hydroxylation is 1. The summed E-state index contributed by atoms with van der Waals surface area (Å²) in [4.78, 5) is 13.1. The summed E-state index contributed by atoms with van der Waals surface area (Å²) >= 11 is 0. The van der Waals surface area contributed by atoms with Crippen LogP contribution in [0.5, 0.6) is 23.0 Å². The molecular formula is C23H27N3O5. The molecule has 0 atom stereocenters. The van der Waals surface area contributed by atoms with Gasteiger partial charge >= 0.3 is 0 Å². The fourth-order valence-corrected chi connectivity index (χ4v) is 3.44. The molecule has 0 bridgehead atoms. The molecule has 8 heteroatoms. The van der Waals surface area contributed by atoms with Gasteiger partial charge in [-0.05, 0) is 43.7 Å². The molecule has 0 fully saturated rings. The molecule has 31 heavy (non-hydrogen) atoms. The van der Waals surface area contributed by atoms with Crippen LogP contribution in [0.3, 0.4) is 0 Å². The van der Waals surface area contributed by atoms with Gasteiger partial charge < -0.3 is 24.3 Å². The van der Waals surface area contributed by atoms with Gasteiger partial charge in [0.15, 0.2) is 11.5 Å². The predicted octanol–water partition coefficient (Wildman–Crippen LogP) is 3.83. The first-order chi connectivity index (χ1) is 14.9. The van der Waals surface area contributed by atoms with Crippen LogP contribution in [0.4, 0.5) is 5.69 Å². The number of carbonyl (C=O) groups excluding carboxylic acids is 1. The van der Waals surface area contributed by atoms with Crippen molar-refractivity contribution in [1.29, 1.82) is 0 Å². The molecule has 0 aliphatic heterocycles. The summed E-state index contributed by atoms with van der Waals surface area (Å²) < 4.78 is 23.2. The third-order valence-electron chi connectivity index (χ3n) is 5.04. The maximum Gasteiger partial charge on any atom is 0.259 e. The second-order valence-electron chi connectivity index (χ2n) is 6.89. The number of hydrogen-bond acceptors (Lipinski definition) is 6. The molecule has 0 aliphatic carbocycles.